The second-order valence-corrected chi connectivity index (χ2v) is 11.5. The molecular formula is C26H26F3N5O3S. The van der Waals surface area contributed by atoms with Gasteiger partial charge in [-0.2, -0.15) is 13.2 Å². The summed E-state index contributed by atoms with van der Waals surface area (Å²) in [6.45, 7) is 3.70. The maximum Gasteiger partial charge on any atom is 0.433 e. The Morgan fingerprint density at radius 2 is 2.00 bits per heavy atom. The van der Waals surface area contributed by atoms with Crippen LogP contribution >= 0.6 is 11.3 Å². The second kappa shape index (κ2) is 9.05. The number of carbonyl (C=O) groups is 1. The molecule has 0 radical (unpaired) electrons. The lowest BCUT2D eigenvalue weighted by Gasteiger charge is -2.44. The van der Waals surface area contributed by atoms with E-state index in [-0.39, 0.29) is 18.8 Å². The third-order valence-corrected chi connectivity index (χ3v) is 8.43. The zero-order valence-electron chi connectivity index (χ0n) is 20.9. The van der Waals surface area contributed by atoms with Crippen LogP contribution in [0.3, 0.4) is 0 Å². The molecule has 0 saturated heterocycles. The van der Waals surface area contributed by atoms with E-state index in [1.807, 2.05) is 37.7 Å². The number of fused-ring (bicyclic) bond motifs is 1. The smallest absolute Gasteiger partial charge is 0.433 e. The monoisotopic (exact) mass is 545 g/mol. The molecule has 2 atom stereocenters. The first kappa shape index (κ1) is 26.1. The molecule has 0 aliphatic heterocycles. The summed E-state index contributed by atoms with van der Waals surface area (Å²) in [6.07, 6.45) is 0.896. The number of benzene rings is 1. The molecule has 1 aliphatic carbocycles. The normalized spacial score (nSPS) is 21.5. The number of anilines is 2. The average Bonchev–Trinajstić information content (AvgIpc) is 3.46. The van der Waals surface area contributed by atoms with Crippen LogP contribution in [0.15, 0.2) is 42.9 Å². The van der Waals surface area contributed by atoms with Gasteiger partial charge in [0.1, 0.15) is 16.3 Å². The molecule has 38 heavy (non-hydrogen) atoms. The van der Waals surface area contributed by atoms with E-state index in [4.69, 9.17) is 0 Å². The van der Waals surface area contributed by atoms with E-state index in [0.717, 1.165) is 33.6 Å². The zero-order valence-corrected chi connectivity index (χ0v) is 21.7. The first-order chi connectivity index (χ1) is 17.8. The van der Waals surface area contributed by atoms with Crippen LogP contribution in [0.25, 0.3) is 21.3 Å². The fourth-order valence-electron chi connectivity index (χ4n) is 5.35. The summed E-state index contributed by atoms with van der Waals surface area (Å²) in [6, 6.07) is 6.34. The van der Waals surface area contributed by atoms with Gasteiger partial charge >= 0.3 is 12.1 Å². The van der Waals surface area contributed by atoms with Gasteiger partial charge in [0, 0.05) is 42.3 Å². The number of aromatic nitrogens is 4. The Morgan fingerprint density at radius 3 is 2.68 bits per heavy atom. The number of nitrogens with one attached hydrogen (secondary N) is 1. The molecule has 1 aliphatic rings. The van der Waals surface area contributed by atoms with E-state index in [1.165, 1.54) is 11.3 Å². The van der Waals surface area contributed by atoms with E-state index in [0.29, 0.717) is 17.1 Å². The maximum atomic E-state index is 13.1. The lowest BCUT2D eigenvalue weighted by Crippen LogP contribution is -2.44. The van der Waals surface area contributed by atoms with Crippen LogP contribution in [0.5, 0.6) is 0 Å². The van der Waals surface area contributed by atoms with Crippen molar-refractivity contribution in [2.45, 2.75) is 44.9 Å². The van der Waals surface area contributed by atoms with Gasteiger partial charge in [-0.15, -0.1) is 11.3 Å². The van der Waals surface area contributed by atoms with Crippen molar-refractivity contribution in [3.8, 4) is 10.4 Å². The molecule has 3 aromatic heterocycles. The standard InChI is InChI=1S/C26H26F3N5O3S/c1-24(2)13-25(37,7-4-17(24)21(35)36)22-31-12-19(38-22)16-10-14(11-18-15(16)6-9-34(18)3)32-23-30-8-5-20(33-23)26(27,28)29/h5-6,8-12,17,37H,4,7,13H2,1-3H3,(H,35,36)(H,30,32,33)/t17-,25-/m1/s1. The van der Waals surface area contributed by atoms with Gasteiger partial charge in [0.2, 0.25) is 5.95 Å². The van der Waals surface area contributed by atoms with Crippen molar-refractivity contribution in [2.75, 3.05) is 5.32 Å². The Labute approximate surface area is 220 Å². The Balaban J connectivity index is 1.51. The minimum absolute atomic E-state index is 0.184. The molecule has 1 aromatic carbocycles. The number of aryl methyl sites for hydroxylation is 1. The van der Waals surface area contributed by atoms with Crippen LogP contribution in [0.1, 0.15) is 43.8 Å². The number of alkyl halides is 3. The predicted molar refractivity (Wildman–Crippen MR) is 137 cm³/mol. The number of aliphatic hydroxyl groups is 1. The van der Waals surface area contributed by atoms with Gasteiger partial charge in [-0.3, -0.25) is 4.79 Å². The molecule has 12 heteroatoms. The summed E-state index contributed by atoms with van der Waals surface area (Å²) < 4.78 is 41.3. The molecule has 5 rings (SSSR count). The molecule has 3 N–H and O–H groups in total. The highest BCUT2D eigenvalue weighted by atomic mass is 32.1. The third-order valence-electron chi connectivity index (χ3n) is 7.21. The van der Waals surface area contributed by atoms with E-state index < -0.39 is 34.8 Å². The molecule has 8 nitrogen and oxygen atoms in total. The lowest BCUT2D eigenvalue weighted by atomic mass is 9.63. The Bertz CT molecular complexity index is 1530. The topological polar surface area (TPSA) is 113 Å². The maximum absolute atomic E-state index is 13.1. The SMILES string of the molecule is Cn1ccc2c(-c3cnc([C@@]4(O)CC[C@H](C(=O)O)C(C)(C)C4)s3)cc(Nc3nccc(C(F)(F)F)n3)cc21. The van der Waals surface area contributed by atoms with Gasteiger partial charge in [0.25, 0.3) is 0 Å². The van der Waals surface area contributed by atoms with Gasteiger partial charge in [-0.05, 0) is 48.9 Å². The Hall–Kier alpha value is -3.51. The summed E-state index contributed by atoms with van der Waals surface area (Å²) in [5.41, 5.74) is -0.819. The molecule has 0 unspecified atom stereocenters. The minimum atomic E-state index is -4.59. The molecule has 0 spiro atoms. The van der Waals surface area contributed by atoms with Crippen LogP contribution < -0.4 is 5.32 Å². The number of thiazole rings is 1. The number of nitrogens with zero attached hydrogens (tertiary/aromatic N) is 4. The lowest BCUT2D eigenvalue weighted by molar-refractivity contribution is -0.154. The highest BCUT2D eigenvalue weighted by Crippen LogP contribution is 2.51. The van der Waals surface area contributed by atoms with Crippen molar-refractivity contribution in [3.63, 3.8) is 0 Å². The summed E-state index contributed by atoms with van der Waals surface area (Å²) in [5.74, 6) is -1.60. The molecular weight excluding hydrogens is 519 g/mol. The first-order valence-corrected chi connectivity index (χ1v) is 12.8. The molecule has 200 valence electrons. The van der Waals surface area contributed by atoms with Crippen molar-refractivity contribution in [1.82, 2.24) is 19.5 Å². The second-order valence-electron chi connectivity index (χ2n) is 10.4. The summed E-state index contributed by atoms with van der Waals surface area (Å²) in [7, 11) is 1.86. The summed E-state index contributed by atoms with van der Waals surface area (Å²) in [4.78, 5) is 24.5. The quantitative estimate of drug-likeness (QED) is 0.284. The van der Waals surface area contributed by atoms with Crippen molar-refractivity contribution in [1.29, 1.82) is 0 Å². The van der Waals surface area contributed by atoms with Crippen molar-refractivity contribution >= 4 is 39.8 Å². The van der Waals surface area contributed by atoms with E-state index in [1.54, 1.807) is 18.3 Å². The number of halogens is 3. The molecule has 4 aromatic rings. The zero-order chi connectivity index (χ0) is 27.5. The van der Waals surface area contributed by atoms with E-state index in [9.17, 15) is 28.2 Å². The van der Waals surface area contributed by atoms with Crippen LogP contribution in [0, 0.1) is 11.3 Å². The Morgan fingerprint density at radius 1 is 1.24 bits per heavy atom. The van der Waals surface area contributed by atoms with Crippen LogP contribution in [0.2, 0.25) is 0 Å². The van der Waals surface area contributed by atoms with Crippen LogP contribution in [0.4, 0.5) is 24.8 Å². The number of aliphatic carboxylic acids is 1. The van der Waals surface area contributed by atoms with E-state index in [2.05, 4.69) is 20.3 Å². The minimum Gasteiger partial charge on any atom is -0.481 e. The van der Waals surface area contributed by atoms with Crippen molar-refractivity contribution in [2.24, 2.45) is 18.4 Å². The van der Waals surface area contributed by atoms with E-state index >= 15 is 0 Å². The summed E-state index contributed by atoms with van der Waals surface area (Å²) in [5, 5.41) is 25.4. The molecule has 3 heterocycles. The number of carboxylic acids is 1. The number of rotatable bonds is 5. The highest BCUT2D eigenvalue weighted by Gasteiger charge is 2.49. The van der Waals surface area contributed by atoms with Gasteiger partial charge in [-0.1, -0.05) is 13.8 Å². The predicted octanol–water partition coefficient (Wildman–Crippen LogP) is 5.95. The van der Waals surface area contributed by atoms with Gasteiger partial charge in [-0.25, -0.2) is 15.0 Å². The van der Waals surface area contributed by atoms with Gasteiger partial charge in [0.05, 0.1) is 16.3 Å². The molecule has 1 fully saturated rings. The summed E-state index contributed by atoms with van der Waals surface area (Å²) >= 11 is 1.32. The highest BCUT2D eigenvalue weighted by molar-refractivity contribution is 7.15. The molecule has 0 amide bonds. The van der Waals surface area contributed by atoms with Gasteiger partial charge in [0.15, 0.2) is 0 Å². The Kier molecular flexibility index (Phi) is 6.22. The van der Waals surface area contributed by atoms with Crippen molar-refractivity contribution < 1.29 is 28.2 Å². The number of carboxylic acid groups (broad SMARTS) is 1. The van der Waals surface area contributed by atoms with Crippen LogP contribution in [-0.4, -0.2) is 35.7 Å². The largest absolute Gasteiger partial charge is 0.481 e. The van der Waals surface area contributed by atoms with Gasteiger partial charge < -0.3 is 20.1 Å². The fourth-order valence-corrected chi connectivity index (χ4v) is 6.41. The molecule has 0 bridgehead atoms. The number of hydrogen-bond acceptors (Lipinski definition) is 7. The number of hydrogen-bond donors (Lipinski definition) is 3. The fraction of sp³-hybridized carbons (Fsp3) is 0.385. The first-order valence-electron chi connectivity index (χ1n) is 12.0. The van der Waals surface area contributed by atoms with Crippen LogP contribution in [-0.2, 0) is 23.6 Å². The van der Waals surface area contributed by atoms with Crippen molar-refractivity contribution in [3.05, 3.63) is 53.6 Å². The third kappa shape index (κ3) is 4.73. The molecule has 1 saturated carbocycles. The average molecular weight is 546 g/mol.